The van der Waals surface area contributed by atoms with Crippen LogP contribution in [0, 0.1) is 5.92 Å². The van der Waals surface area contributed by atoms with Crippen LogP contribution >= 0.6 is 12.4 Å². The summed E-state index contributed by atoms with van der Waals surface area (Å²) in [4.78, 5) is 24.4. The number of rotatable bonds is 3. The van der Waals surface area contributed by atoms with Crippen LogP contribution in [-0.2, 0) is 20.9 Å². The zero-order valence-corrected chi connectivity index (χ0v) is 12.2. The number of halogens is 3. The number of esters is 1. The molecule has 7 heteroatoms. The second-order valence-corrected chi connectivity index (χ2v) is 4.80. The molecule has 0 N–H and O–H groups in total. The van der Waals surface area contributed by atoms with Crippen LogP contribution in [0.2, 0.25) is 0 Å². The van der Waals surface area contributed by atoms with E-state index in [-0.39, 0.29) is 25.5 Å². The summed E-state index contributed by atoms with van der Waals surface area (Å²) in [5, 5.41) is 0. The molecule has 0 amide bonds. The number of nitrogens with zero attached hydrogens (tertiary/aromatic N) is 1. The zero-order chi connectivity index (χ0) is 14.8. The molecule has 21 heavy (non-hydrogen) atoms. The van der Waals surface area contributed by atoms with Crippen molar-refractivity contribution >= 4 is 24.2 Å². The Morgan fingerprint density at radius 3 is 2.57 bits per heavy atom. The van der Waals surface area contributed by atoms with Gasteiger partial charge in [-0.15, -0.1) is 12.4 Å². The van der Waals surface area contributed by atoms with E-state index in [1.54, 1.807) is 12.1 Å². The standard InChI is InChI=1S/C14H15F2NO3.ClH/c1-20-13(19)11-8-17(9-14(15,16)12(11)18)7-10-5-3-2-4-6-10;/h2-6,11H,7-9H2,1H3;1H. The number of benzene rings is 1. The van der Waals surface area contributed by atoms with Crippen molar-refractivity contribution in [1.82, 2.24) is 4.90 Å². The minimum atomic E-state index is -3.52. The third kappa shape index (κ3) is 3.98. The summed E-state index contributed by atoms with van der Waals surface area (Å²) >= 11 is 0. The summed E-state index contributed by atoms with van der Waals surface area (Å²) in [6.07, 6.45) is 0. The Bertz CT molecular complexity index is 510. The Hall–Kier alpha value is -1.53. The van der Waals surface area contributed by atoms with Gasteiger partial charge in [-0.3, -0.25) is 14.5 Å². The highest BCUT2D eigenvalue weighted by Gasteiger charge is 2.51. The van der Waals surface area contributed by atoms with Crippen LogP contribution in [0.15, 0.2) is 30.3 Å². The third-order valence-corrected chi connectivity index (χ3v) is 3.27. The summed E-state index contributed by atoms with van der Waals surface area (Å²) in [6, 6.07) is 9.05. The second-order valence-electron chi connectivity index (χ2n) is 4.80. The van der Waals surface area contributed by atoms with Crippen LogP contribution in [0.25, 0.3) is 0 Å². The minimum absolute atomic E-state index is 0. The van der Waals surface area contributed by atoms with Crippen LogP contribution in [0.1, 0.15) is 5.56 Å². The van der Waals surface area contributed by atoms with E-state index in [0.717, 1.165) is 12.7 Å². The van der Waals surface area contributed by atoms with Crippen LogP contribution in [0.3, 0.4) is 0 Å². The number of ether oxygens (including phenoxy) is 1. The molecule has 0 spiro atoms. The maximum absolute atomic E-state index is 13.7. The van der Waals surface area contributed by atoms with Gasteiger partial charge in [0.25, 0.3) is 0 Å². The smallest absolute Gasteiger partial charge is 0.318 e. The molecular formula is C14H16ClF2NO3. The van der Waals surface area contributed by atoms with Gasteiger partial charge in [-0.2, -0.15) is 8.78 Å². The van der Waals surface area contributed by atoms with Gasteiger partial charge in [0, 0.05) is 13.1 Å². The third-order valence-electron chi connectivity index (χ3n) is 3.27. The maximum Gasteiger partial charge on any atom is 0.318 e. The monoisotopic (exact) mass is 319 g/mol. The molecular weight excluding hydrogens is 304 g/mol. The molecule has 2 rings (SSSR count). The topological polar surface area (TPSA) is 46.6 Å². The first-order chi connectivity index (χ1) is 9.44. The minimum Gasteiger partial charge on any atom is -0.468 e. The average molecular weight is 320 g/mol. The largest absolute Gasteiger partial charge is 0.468 e. The Kier molecular flexibility index (Phi) is 5.80. The first kappa shape index (κ1) is 17.5. The van der Waals surface area contributed by atoms with Gasteiger partial charge in [-0.05, 0) is 5.56 Å². The fourth-order valence-corrected chi connectivity index (χ4v) is 2.31. The van der Waals surface area contributed by atoms with E-state index in [1.165, 1.54) is 4.90 Å². The average Bonchev–Trinajstić information content (AvgIpc) is 2.42. The molecule has 1 fully saturated rings. The molecule has 0 aliphatic carbocycles. The first-order valence-corrected chi connectivity index (χ1v) is 6.20. The number of carbonyl (C=O) groups is 2. The van der Waals surface area contributed by atoms with Gasteiger partial charge in [0.2, 0.25) is 5.78 Å². The molecule has 1 saturated heterocycles. The number of methoxy groups -OCH3 is 1. The van der Waals surface area contributed by atoms with Crippen molar-refractivity contribution in [2.75, 3.05) is 20.2 Å². The maximum atomic E-state index is 13.7. The predicted octanol–water partition coefficient (Wildman–Crippen LogP) is 1.92. The molecule has 1 aromatic carbocycles. The predicted molar refractivity (Wildman–Crippen MR) is 74.4 cm³/mol. The number of Topliss-reactive ketones (excluding diaryl/α,β-unsaturated/α-hetero) is 1. The van der Waals surface area contributed by atoms with Crippen LogP contribution in [-0.4, -0.2) is 42.8 Å². The van der Waals surface area contributed by atoms with E-state index in [1.807, 2.05) is 18.2 Å². The van der Waals surface area contributed by atoms with Crippen molar-refractivity contribution in [3.8, 4) is 0 Å². The molecule has 1 unspecified atom stereocenters. The molecule has 0 bridgehead atoms. The number of alkyl halides is 2. The molecule has 1 atom stereocenters. The van der Waals surface area contributed by atoms with E-state index in [0.29, 0.717) is 0 Å². The number of piperidine rings is 1. The lowest BCUT2D eigenvalue weighted by atomic mass is 9.93. The molecule has 0 saturated carbocycles. The number of hydrogen-bond donors (Lipinski definition) is 0. The normalized spacial score (nSPS) is 21.5. The van der Waals surface area contributed by atoms with Crippen molar-refractivity contribution in [1.29, 1.82) is 0 Å². The summed E-state index contributed by atoms with van der Waals surface area (Å²) in [6.45, 7) is -0.457. The van der Waals surface area contributed by atoms with Crippen LogP contribution in [0.4, 0.5) is 8.78 Å². The highest BCUT2D eigenvalue weighted by molar-refractivity contribution is 6.03. The Labute approximate surface area is 127 Å². The van der Waals surface area contributed by atoms with Crippen LogP contribution < -0.4 is 0 Å². The zero-order valence-electron chi connectivity index (χ0n) is 11.4. The van der Waals surface area contributed by atoms with Crippen LogP contribution in [0.5, 0.6) is 0 Å². The van der Waals surface area contributed by atoms with E-state index in [2.05, 4.69) is 4.74 Å². The first-order valence-electron chi connectivity index (χ1n) is 6.20. The van der Waals surface area contributed by atoms with Gasteiger partial charge >= 0.3 is 11.9 Å². The lowest BCUT2D eigenvalue weighted by Gasteiger charge is -2.35. The molecule has 0 aromatic heterocycles. The number of hydrogen-bond acceptors (Lipinski definition) is 4. The van der Waals surface area contributed by atoms with E-state index in [9.17, 15) is 18.4 Å². The molecule has 116 valence electrons. The fraction of sp³-hybridized carbons (Fsp3) is 0.429. The molecule has 1 aliphatic heterocycles. The van der Waals surface area contributed by atoms with Gasteiger partial charge in [0.15, 0.2) is 0 Å². The van der Waals surface area contributed by atoms with E-state index < -0.39 is 30.1 Å². The van der Waals surface area contributed by atoms with Crippen molar-refractivity contribution in [2.45, 2.75) is 12.5 Å². The lowest BCUT2D eigenvalue weighted by Crippen LogP contribution is -2.56. The van der Waals surface area contributed by atoms with Crippen molar-refractivity contribution < 1.29 is 23.1 Å². The van der Waals surface area contributed by atoms with Gasteiger partial charge in [0.05, 0.1) is 13.7 Å². The quantitative estimate of drug-likeness (QED) is 0.631. The second kappa shape index (κ2) is 6.95. The number of ketones is 1. The van der Waals surface area contributed by atoms with Gasteiger partial charge in [-0.25, -0.2) is 0 Å². The Balaban J connectivity index is 0.00000220. The fourth-order valence-electron chi connectivity index (χ4n) is 2.31. The number of likely N-dealkylation sites (tertiary alicyclic amines) is 1. The van der Waals surface area contributed by atoms with E-state index in [4.69, 9.17) is 0 Å². The lowest BCUT2D eigenvalue weighted by molar-refractivity contribution is -0.169. The molecule has 1 heterocycles. The molecule has 1 aromatic rings. The number of carbonyl (C=O) groups excluding carboxylic acids is 2. The van der Waals surface area contributed by atoms with Crippen molar-refractivity contribution in [3.05, 3.63) is 35.9 Å². The molecule has 4 nitrogen and oxygen atoms in total. The van der Waals surface area contributed by atoms with Crippen molar-refractivity contribution in [3.63, 3.8) is 0 Å². The molecule has 0 radical (unpaired) electrons. The van der Waals surface area contributed by atoms with Gasteiger partial charge in [0.1, 0.15) is 5.92 Å². The van der Waals surface area contributed by atoms with Gasteiger partial charge < -0.3 is 4.74 Å². The summed E-state index contributed by atoms with van der Waals surface area (Å²) < 4.78 is 31.8. The molecule has 1 aliphatic rings. The Morgan fingerprint density at radius 2 is 2.00 bits per heavy atom. The van der Waals surface area contributed by atoms with Gasteiger partial charge in [-0.1, -0.05) is 30.3 Å². The van der Waals surface area contributed by atoms with E-state index >= 15 is 0 Å². The van der Waals surface area contributed by atoms with Crippen molar-refractivity contribution in [2.24, 2.45) is 5.92 Å². The summed E-state index contributed by atoms with van der Waals surface area (Å²) in [7, 11) is 1.09. The highest BCUT2D eigenvalue weighted by Crippen LogP contribution is 2.28. The summed E-state index contributed by atoms with van der Waals surface area (Å²) in [5.74, 6) is -7.21. The Morgan fingerprint density at radius 1 is 1.38 bits per heavy atom. The SMILES string of the molecule is COC(=O)C1CN(Cc2ccccc2)CC(F)(F)C1=O.Cl. The highest BCUT2D eigenvalue weighted by atomic mass is 35.5. The summed E-state index contributed by atoms with van der Waals surface area (Å²) in [5.41, 5.74) is 0.848.